The number of nitrogens with two attached hydrogens (primary N) is 1. The van der Waals surface area contributed by atoms with Crippen molar-refractivity contribution in [3.8, 4) is 0 Å². The molecule has 0 bridgehead atoms. The summed E-state index contributed by atoms with van der Waals surface area (Å²) < 4.78 is 0. The zero-order chi connectivity index (χ0) is 11.0. The number of aryl methyl sites for hydroxylation is 2. The predicted octanol–water partition coefficient (Wildman–Crippen LogP) is 1.13. The summed E-state index contributed by atoms with van der Waals surface area (Å²) in [5.74, 6) is 0.00329. The minimum absolute atomic E-state index is 0.00329. The molecule has 0 heterocycles. The van der Waals surface area contributed by atoms with Gasteiger partial charge in [0.2, 0.25) is 0 Å². The summed E-state index contributed by atoms with van der Waals surface area (Å²) >= 11 is 0. The Balaban J connectivity index is 2.17. The fourth-order valence-corrected chi connectivity index (χ4v) is 1.79. The van der Waals surface area contributed by atoms with Crippen LogP contribution in [0.5, 0.6) is 0 Å². The van der Waals surface area contributed by atoms with Crippen LogP contribution in [0.15, 0.2) is 18.2 Å². The molecule has 1 aliphatic carbocycles. The van der Waals surface area contributed by atoms with Gasteiger partial charge in [0, 0.05) is 17.6 Å². The molecule has 2 rings (SSSR count). The summed E-state index contributed by atoms with van der Waals surface area (Å²) in [7, 11) is 0. The zero-order valence-corrected chi connectivity index (χ0v) is 9.08. The number of hydrogen-bond acceptors (Lipinski definition) is 2. The van der Waals surface area contributed by atoms with E-state index in [4.69, 9.17) is 5.73 Å². The van der Waals surface area contributed by atoms with Crippen molar-refractivity contribution in [2.24, 2.45) is 5.73 Å². The topological polar surface area (TPSA) is 55.1 Å². The highest BCUT2D eigenvalue weighted by molar-refractivity contribution is 5.97. The highest BCUT2D eigenvalue weighted by atomic mass is 16.1. The number of benzene rings is 1. The van der Waals surface area contributed by atoms with E-state index in [1.54, 1.807) is 0 Å². The lowest BCUT2D eigenvalue weighted by Gasteiger charge is -2.09. The zero-order valence-electron chi connectivity index (χ0n) is 9.08. The van der Waals surface area contributed by atoms with Crippen molar-refractivity contribution in [3.63, 3.8) is 0 Å². The second kappa shape index (κ2) is 3.66. The number of nitrogens with one attached hydrogen (secondary N) is 1. The highest BCUT2D eigenvalue weighted by Gasteiger charge is 2.35. The largest absolute Gasteiger partial charge is 0.348 e. The van der Waals surface area contributed by atoms with E-state index < -0.39 is 0 Å². The summed E-state index contributed by atoms with van der Waals surface area (Å²) in [6.07, 6.45) is 0.899. The molecule has 1 fully saturated rings. The first-order valence-corrected chi connectivity index (χ1v) is 5.22. The van der Waals surface area contributed by atoms with Gasteiger partial charge in [0.05, 0.1) is 0 Å². The van der Waals surface area contributed by atoms with Gasteiger partial charge in [-0.2, -0.15) is 0 Å². The summed E-state index contributed by atoms with van der Waals surface area (Å²) in [5.41, 5.74) is 8.47. The first kappa shape index (κ1) is 10.2. The van der Waals surface area contributed by atoms with Crippen molar-refractivity contribution in [2.75, 3.05) is 0 Å². The molecular formula is C12H16N2O. The SMILES string of the molecule is Cc1cccc(C)c1C(=O)NC1CC1N. The normalized spacial score (nSPS) is 23.7. The second-order valence-electron chi connectivity index (χ2n) is 4.25. The number of carbonyl (C=O) groups is 1. The van der Waals surface area contributed by atoms with E-state index in [0.717, 1.165) is 23.1 Å². The third-order valence-corrected chi connectivity index (χ3v) is 2.86. The molecule has 15 heavy (non-hydrogen) atoms. The van der Waals surface area contributed by atoms with Gasteiger partial charge in [-0.05, 0) is 31.4 Å². The van der Waals surface area contributed by atoms with Crippen LogP contribution < -0.4 is 11.1 Å². The summed E-state index contributed by atoms with van der Waals surface area (Å²) in [6.45, 7) is 3.91. The van der Waals surface area contributed by atoms with Crippen LogP contribution in [0.25, 0.3) is 0 Å². The molecule has 0 aromatic heterocycles. The van der Waals surface area contributed by atoms with E-state index in [-0.39, 0.29) is 18.0 Å². The molecule has 3 N–H and O–H groups in total. The molecule has 3 nitrogen and oxygen atoms in total. The molecule has 1 saturated carbocycles. The molecule has 0 aliphatic heterocycles. The summed E-state index contributed by atoms with van der Waals surface area (Å²) in [4.78, 5) is 11.9. The Hall–Kier alpha value is -1.35. The van der Waals surface area contributed by atoms with Gasteiger partial charge < -0.3 is 11.1 Å². The van der Waals surface area contributed by atoms with Gasteiger partial charge in [-0.1, -0.05) is 18.2 Å². The first-order chi connectivity index (χ1) is 7.09. The Labute approximate surface area is 89.7 Å². The van der Waals surface area contributed by atoms with Crippen molar-refractivity contribution in [3.05, 3.63) is 34.9 Å². The lowest BCUT2D eigenvalue weighted by atomic mass is 10.0. The molecular weight excluding hydrogens is 188 g/mol. The number of hydrogen-bond donors (Lipinski definition) is 2. The van der Waals surface area contributed by atoms with Crippen molar-refractivity contribution in [2.45, 2.75) is 32.4 Å². The lowest BCUT2D eigenvalue weighted by molar-refractivity contribution is 0.0949. The molecule has 2 atom stereocenters. The van der Waals surface area contributed by atoms with Crippen LogP contribution in [0.4, 0.5) is 0 Å². The standard InChI is InChI=1S/C12H16N2O/c1-7-4-3-5-8(2)11(7)12(15)14-10-6-9(10)13/h3-5,9-10H,6,13H2,1-2H3,(H,14,15). The molecule has 80 valence electrons. The van der Waals surface area contributed by atoms with Crippen LogP contribution >= 0.6 is 0 Å². The van der Waals surface area contributed by atoms with Crippen LogP contribution in [-0.2, 0) is 0 Å². The van der Waals surface area contributed by atoms with Gasteiger partial charge >= 0.3 is 0 Å². The molecule has 1 aromatic carbocycles. The van der Waals surface area contributed by atoms with Gasteiger partial charge in [-0.15, -0.1) is 0 Å². The smallest absolute Gasteiger partial charge is 0.252 e. The first-order valence-electron chi connectivity index (χ1n) is 5.22. The highest BCUT2D eigenvalue weighted by Crippen LogP contribution is 2.20. The minimum atomic E-state index is 0.00329. The Morgan fingerprint density at radius 1 is 1.40 bits per heavy atom. The number of amides is 1. The summed E-state index contributed by atoms with van der Waals surface area (Å²) in [5, 5.41) is 2.94. The quantitative estimate of drug-likeness (QED) is 0.758. The molecule has 1 aliphatic rings. The van der Waals surface area contributed by atoms with Crippen LogP contribution in [0.1, 0.15) is 27.9 Å². The van der Waals surface area contributed by atoms with E-state index in [2.05, 4.69) is 5.32 Å². The molecule has 0 radical (unpaired) electrons. The summed E-state index contributed by atoms with van der Waals surface area (Å²) in [6, 6.07) is 6.20. The van der Waals surface area contributed by atoms with Gasteiger partial charge in [0.25, 0.3) is 5.91 Å². The van der Waals surface area contributed by atoms with Crippen molar-refractivity contribution >= 4 is 5.91 Å². The number of rotatable bonds is 2. The molecule has 1 aromatic rings. The van der Waals surface area contributed by atoms with Crippen molar-refractivity contribution in [1.82, 2.24) is 5.32 Å². The Morgan fingerprint density at radius 2 is 1.93 bits per heavy atom. The molecule has 2 unspecified atom stereocenters. The minimum Gasteiger partial charge on any atom is -0.348 e. The lowest BCUT2D eigenvalue weighted by Crippen LogP contribution is -2.30. The maximum atomic E-state index is 11.9. The third kappa shape index (κ3) is 2.02. The predicted molar refractivity (Wildman–Crippen MR) is 59.8 cm³/mol. The third-order valence-electron chi connectivity index (χ3n) is 2.86. The van der Waals surface area contributed by atoms with E-state index in [0.29, 0.717) is 0 Å². The van der Waals surface area contributed by atoms with Gasteiger partial charge in [0.15, 0.2) is 0 Å². The molecule has 1 amide bonds. The average Bonchev–Trinajstić information content (AvgIpc) is 2.81. The van der Waals surface area contributed by atoms with Crippen molar-refractivity contribution in [1.29, 1.82) is 0 Å². The fourth-order valence-electron chi connectivity index (χ4n) is 1.79. The van der Waals surface area contributed by atoms with E-state index >= 15 is 0 Å². The van der Waals surface area contributed by atoms with Crippen LogP contribution in [0.3, 0.4) is 0 Å². The monoisotopic (exact) mass is 204 g/mol. The maximum Gasteiger partial charge on any atom is 0.252 e. The van der Waals surface area contributed by atoms with E-state index in [1.165, 1.54) is 0 Å². The van der Waals surface area contributed by atoms with Gasteiger partial charge in [-0.25, -0.2) is 0 Å². The molecule has 0 spiro atoms. The van der Waals surface area contributed by atoms with Crippen LogP contribution in [-0.4, -0.2) is 18.0 Å². The average molecular weight is 204 g/mol. The molecule has 3 heteroatoms. The van der Waals surface area contributed by atoms with E-state index in [1.807, 2.05) is 32.0 Å². The van der Waals surface area contributed by atoms with E-state index in [9.17, 15) is 4.79 Å². The van der Waals surface area contributed by atoms with Crippen LogP contribution in [0.2, 0.25) is 0 Å². The van der Waals surface area contributed by atoms with Crippen molar-refractivity contribution < 1.29 is 4.79 Å². The van der Waals surface area contributed by atoms with Gasteiger partial charge in [0.1, 0.15) is 0 Å². The maximum absolute atomic E-state index is 11.9. The second-order valence-corrected chi connectivity index (χ2v) is 4.25. The molecule has 0 saturated heterocycles. The number of carbonyl (C=O) groups excluding carboxylic acids is 1. The van der Waals surface area contributed by atoms with Crippen LogP contribution in [0, 0.1) is 13.8 Å². The fraction of sp³-hybridized carbons (Fsp3) is 0.417. The Kier molecular flexibility index (Phi) is 2.49. The van der Waals surface area contributed by atoms with Gasteiger partial charge in [-0.3, -0.25) is 4.79 Å². The Morgan fingerprint density at radius 3 is 2.40 bits per heavy atom. The Bertz CT molecular complexity index is 380.